The molecule has 3 rings (SSSR count). The molecule has 0 aliphatic heterocycles. The number of nitro benzene ring substituents is 1. The summed E-state index contributed by atoms with van der Waals surface area (Å²) in [5.74, 6) is 5.51. The van der Waals surface area contributed by atoms with Gasteiger partial charge in [-0.25, -0.2) is 9.07 Å². The molecular formula is C17H15FN6O3S. The van der Waals surface area contributed by atoms with E-state index in [2.05, 4.69) is 15.5 Å². The van der Waals surface area contributed by atoms with Crippen molar-refractivity contribution in [3.8, 4) is 11.4 Å². The van der Waals surface area contributed by atoms with E-state index in [1.54, 1.807) is 13.0 Å². The molecule has 1 aromatic heterocycles. The SMILES string of the molecule is Cc1ccc([N+](=O)[O-])cc1NC(=O)CSc1nnc(-c2ccc(F)cc2)n1N. The van der Waals surface area contributed by atoms with Crippen LogP contribution < -0.4 is 11.2 Å². The van der Waals surface area contributed by atoms with Gasteiger partial charge in [0.25, 0.3) is 5.69 Å². The predicted octanol–water partition coefficient (Wildman–Crippen LogP) is 2.75. The molecule has 0 fully saturated rings. The normalized spacial score (nSPS) is 10.6. The maximum atomic E-state index is 13.0. The van der Waals surface area contributed by atoms with Crippen molar-refractivity contribution in [2.75, 3.05) is 16.9 Å². The molecular weight excluding hydrogens is 387 g/mol. The van der Waals surface area contributed by atoms with Gasteiger partial charge in [-0.1, -0.05) is 17.8 Å². The third-order valence-electron chi connectivity index (χ3n) is 3.81. The van der Waals surface area contributed by atoms with Crippen LogP contribution in [0.1, 0.15) is 5.56 Å². The topological polar surface area (TPSA) is 129 Å². The summed E-state index contributed by atoms with van der Waals surface area (Å²) < 4.78 is 14.2. The van der Waals surface area contributed by atoms with Crippen LogP contribution >= 0.6 is 11.8 Å². The summed E-state index contributed by atoms with van der Waals surface area (Å²) in [4.78, 5) is 22.5. The van der Waals surface area contributed by atoms with Crippen LogP contribution in [0.25, 0.3) is 11.4 Å². The van der Waals surface area contributed by atoms with Gasteiger partial charge < -0.3 is 11.2 Å². The minimum absolute atomic E-state index is 0.0269. The minimum Gasteiger partial charge on any atom is -0.335 e. The lowest BCUT2D eigenvalue weighted by molar-refractivity contribution is -0.384. The summed E-state index contributed by atoms with van der Waals surface area (Å²) in [5.41, 5.74) is 1.53. The maximum Gasteiger partial charge on any atom is 0.271 e. The fourth-order valence-corrected chi connectivity index (χ4v) is 3.00. The average molecular weight is 402 g/mol. The highest BCUT2D eigenvalue weighted by atomic mass is 32.2. The second-order valence-corrected chi connectivity index (χ2v) is 6.72. The van der Waals surface area contributed by atoms with E-state index in [4.69, 9.17) is 5.84 Å². The lowest BCUT2D eigenvalue weighted by atomic mass is 10.2. The number of carbonyl (C=O) groups excluding carboxylic acids is 1. The first-order valence-corrected chi connectivity index (χ1v) is 8.98. The number of benzene rings is 2. The van der Waals surface area contributed by atoms with E-state index >= 15 is 0 Å². The molecule has 0 saturated heterocycles. The van der Waals surface area contributed by atoms with Crippen molar-refractivity contribution >= 4 is 29.0 Å². The number of halogens is 1. The first kappa shape index (κ1) is 19.3. The van der Waals surface area contributed by atoms with Crippen LogP contribution in [0.5, 0.6) is 0 Å². The van der Waals surface area contributed by atoms with Gasteiger partial charge in [0.1, 0.15) is 5.82 Å². The van der Waals surface area contributed by atoms with Gasteiger partial charge >= 0.3 is 0 Å². The van der Waals surface area contributed by atoms with E-state index in [-0.39, 0.29) is 23.2 Å². The number of nitrogen functional groups attached to an aromatic ring is 1. The van der Waals surface area contributed by atoms with Gasteiger partial charge in [0.2, 0.25) is 11.1 Å². The standard InChI is InChI=1S/C17H15FN6O3S/c1-10-2-7-13(24(26)27)8-14(10)20-15(25)9-28-17-22-21-16(23(17)19)11-3-5-12(18)6-4-11/h2-8H,9,19H2,1H3,(H,20,25). The monoisotopic (exact) mass is 402 g/mol. The Labute approximate surface area is 162 Å². The number of nitro groups is 1. The Hall–Kier alpha value is -3.47. The number of thioether (sulfide) groups is 1. The summed E-state index contributed by atoms with van der Waals surface area (Å²) in [7, 11) is 0. The van der Waals surface area contributed by atoms with Crippen LogP contribution in [0, 0.1) is 22.9 Å². The number of hydrogen-bond donors (Lipinski definition) is 2. The van der Waals surface area contributed by atoms with Gasteiger partial charge in [-0.15, -0.1) is 10.2 Å². The number of non-ortho nitro benzene ring substituents is 1. The summed E-state index contributed by atoms with van der Waals surface area (Å²) in [6, 6.07) is 9.84. The number of hydrogen-bond acceptors (Lipinski definition) is 7. The van der Waals surface area contributed by atoms with Crippen LogP contribution in [0.4, 0.5) is 15.8 Å². The molecule has 3 N–H and O–H groups in total. The molecule has 9 nitrogen and oxygen atoms in total. The molecule has 144 valence electrons. The number of carbonyl (C=O) groups is 1. The first-order valence-electron chi connectivity index (χ1n) is 7.99. The van der Waals surface area contributed by atoms with Crippen molar-refractivity contribution in [3.05, 3.63) is 64.0 Å². The van der Waals surface area contributed by atoms with E-state index in [0.717, 1.165) is 11.8 Å². The van der Waals surface area contributed by atoms with Gasteiger partial charge in [-0.3, -0.25) is 14.9 Å². The van der Waals surface area contributed by atoms with E-state index in [0.29, 0.717) is 27.8 Å². The predicted molar refractivity (Wildman–Crippen MR) is 103 cm³/mol. The Bertz CT molecular complexity index is 1040. The van der Waals surface area contributed by atoms with Crippen molar-refractivity contribution in [3.63, 3.8) is 0 Å². The van der Waals surface area contributed by atoms with Crippen molar-refractivity contribution < 1.29 is 14.1 Å². The van der Waals surface area contributed by atoms with Crippen molar-refractivity contribution in [1.82, 2.24) is 14.9 Å². The first-order chi connectivity index (χ1) is 13.3. The van der Waals surface area contributed by atoms with Gasteiger partial charge in [0.05, 0.1) is 16.4 Å². The second-order valence-electron chi connectivity index (χ2n) is 5.78. The molecule has 0 atom stereocenters. The summed E-state index contributed by atoms with van der Waals surface area (Å²) in [6.07, 6.45) is 0. The number of rotatable bonds is 6. The lowest BCUT2D eigenvalue weighted by Crippen LogP contribution is -2.17. The number of amides is 1. The summed E-state index contributed by atoms with van der Waals surface area (Å²) >= 11 is 1.05. The summed E-state index contributed by atoms with van der Waals surface area (Å²) in [6.45, 7) is 1.73. The van der Waals surface area contributed by atoms with E-state index in [1.807, 2.05) is 0 Å². The third kappa shape index (κ3) is 4.26. The molecule has 1 amide bonds. The van der Waals surface area contributed by atoms with Crippen molar-refractivity contribution in [1.29, 1.82) is 0 Å². The van der Waals surface area contributed by atoms with Crippen LogP contribution in [-0.2, 0) is 4.79 Å². The Morgan fingerprint density at radius 1 is 1.29 bits per heavy atom. The maximum absolute atomic E-state index is 13.0. The molecule has 0 aliphatic carbocycles. The zero-order valence-corrected chi connectivity index (χ0v) is 15.4. The molecule has 0 unspecified atom stereocenters. The molecule has 2 aromatic carbocycles. The molecule has 0 radical (unpaired) electrons. The highest BCUT2D eigenvalue weighted by Crippen LogP contribution is 2.24. The zero-order chi connectivity index (χ0) is 20.3. The van der Waals surface area contributed by atoms with Crippen LogP contribution in [0.3, 0.4) is 0 Å². The average Bonchev–Trinajstić information content (AvgIpc) is 3.03. The van der Waals surface area contributed by atoms with Gasteiger partial charge in [0, 0.05) is 17.7 Å². The van der Waals surface area contributed by atoms with E-state index < -0.39 is 4.92 Å². The number of aryl methyl sites for hydroxylation is 1. The summed E-state index contributed by atoms with van der Waals surface area (Å²) in [5, 5.41) is 21.7. The number of anilines is 1. The Morgan fingerprint density at radius 3 is 2.68 bits per heavy atom. The largest absolute Gasteiger partial charge is 0.335 e. The highest BCUT2D eigenvalue weighted by Gasteiger charge is 2.15. The molecule has 0 spiro atoms. The molecule has 0 saturated carbocycles. The van der Waals surface area contributed by atoms with Crippen LogP contribution in [0.2, 0.25) is 0 Å². The Morgan fingerprint density at radius 2 is 2.00 bits per heavy atom. The molecule has 1 heterocycles. The quantitative estimate of drug-likeness (QED) is 0.281. The lowest BCUT2D eigenvalue weighted by Gasteiger charge is -2.08. The van der Waals surface area contributed by atoms with Crippen LogP contribution in [-0.4, -0.2) is 31.5 Å². The number of nitrogens with zero attached hydrogens (tertiary/aromatic N) is 4. The molecule has 3 aromatic rings. The molecule has 0 bridgehead atoms. The fraction of sp³-hybridized carbons (Fsp3) is 0.118. The van der Waals surface area contributed by atoms with Crippen molar-refractivity contribution in [2.24, 2.45) is 0 Å². The fourth-order valence-electron chi connectivity index (χ4n) is 2.35. The van der Waals surface area contributed by atoms with Crippen LogP contribution in [0.15, 0.2) is 47.6 Å². The highest BCUT2D eigenvalue weighted by molar-refractivity contribution is 7.99. The van der Waals surface area contributed by atoms with Gasteiger partial charge in [-0.05, 0) is 36.8 Å². The van der Waals surface area contributed by atoms with Gasteiger partial charge in [0.15, 0.2) is 5.82 Å². The van der Waals surface area contributed by atoms with E-state index in [9.17, 15) is 19.3 Å². The number of nitrogens with two attached hydrogens (primary N) is 1. The van der Waals surface area contributed by atoms with Gasteiger partial charge in [-0.2, -0.15) is 0 Å². The molecule has 28 heavy (non-hydrogen) atoms. The number of aromatic nitrogens is 3. The minimum atomic E-state index is -0.530. The van der Waals surface area contributed by atoms with Crippen molar-refractivity contribution in [2.45, 2.75) is 12.1 Å². The number of nitrogens with one attached hydrogen (secondary N) is 1. The smallest absolute Gasteiger partial charge is 0.271 e. The Balaban J connectivity index is 1.66. The zero-order valence-electron chi connectivity index (χ0n) is 14.6. The molecule has 11 heteroatoms. The Kier molecular flexibility index (Phi) is 5.54. The molecule has 0 aliphatic rings. The second kappa shape index (κ2) is 8.05. The third-order valence-corrected chi connectivity index (χ3v) is 4.75. The van der Waals surface area contributed by atoms with E-state index in [1.165, 1.54) is 41.1 Å².